The molecule has 0 unspecified atom stereocenters. The number of hydrogen-bond acceptors (Lipinski definition) is 3. The van der Waals surface area contributed by atoms with Crippen LogP contribution in [0.25, 0.3) is 0 Å². The number of imidazole rings is 1. The zero-order chi connectivity index (χ0) is 9.14. The van der Waals surface area contributed by atoms with E-state index in [2.05, 4.69) is 10.3 Å². The molecule has 0 bridgehead atoms. The van der Waals surface area contributed by atoms with Crippen LogP contribution in [-0.4, -0.2) is 27.7 Å². The lowest BCUT2D eigenvalue weighted by Gasteiger charge is -2.01. The highest BCUT2D eigenvalue weighted by Gasteiger charge is 2.13. The van der Waals surface area contributed by atoms with Gasteiger partial charge in [-0.15, -0.1) is 0 Å². The van der Waals surface area contributed by atoms with E-state index in [4.69, 9.17) is 5.11 Å². The molecule has 12 heavy (non-hydrogen) atoms. The van der Waals surface area contributed by atoms with Gasteiger partial charge in [-0.2, -0.15) is 0 Å². The van der Waals surface area contributed by atoms with Crippen molar-refractivity contribution in [2.75, 3.05) is 7.05 Å². The fourth-order valence-corrected chi connectivity index (χ4v) is 1.01. The molecule has 1 heterocycles. The van der Waals surface area contributed by atoms with Gasteiger partial charge in [-0.1, -0.05) is 0 Å². The van der Waals surface area contributed by atoms with Crippen LogP contribution in [0.2, 0.25) is 0 Å². The van der Waals surface area contributed by atoms with E-state index in [0.717, 1.165) is 0 Å². The fourth-order valence-electron chi connectivity index (χ4n) is 1.01. The molecular weight excluding hydrogens is 158 g/mol. The standard InChI is InChI=1S/C7H11N3O2/c1-8-3-5-6(7(11)12)9-4-10(5)2/h4,8H,3H2,1-2H3,(H,11,12). The third-order valence-electron chi connectivity index (χ3n) is 1.61. The highest BCUT2D eigenvalue weighted by molar-refractivity contribution is 5.86. The summed E-state index contributed by atoms with van der Waals surface area (Å²) in [5.41, 5.74) is 0.803. The van der Waals surface area contributed by atoms with Gasteiger partial charge in [0.15, 0.2) is 5.69 Å². The molecule has 0 saturated carbocycles. The number of carboxylic acid groups (broad SMARTS) is 1. The summed E-state index contributed by atoms with van der Waals surface area (Å²) in [6.45, 7) is 0.512. The maximum atomic E-state index is 10.6. The Kier molecular flexibility index (Phi) is 2.44. The molecule has 1 aromatic rings. The van der Waals surface area contributed by atoms with Gasteiger partial charge in [0, 0.05) is 13.6 Å². The highest BCUT2D eigenvalue weighted by atomic mass is 16.4. The summed E-state index contributed by atoms with van der Waals surface area (Å²) >= 11 is 0. The van der Waals surface area contributed by atoms with Crippen LogP contribution >= 0.6 is 0 Å². The van der Waals surface area contributed by atoms with Crippen molar-refractivity contribution in [3.05, 3.63) is 17.7 Å². The van der Waals surface area contributed by atoms with Crippen LogP contribution in [0.4, 0.5) is 0 Å². The number of rotatable bonds is 3. The number of aromatic nitrogens is 2. The smallest absolute Gasteiger partial charge is 0.356 e. The minimum atomic E-state index is -0.985. The minimum absolute atomic E-state index is 0.117. The van der Waals surface area contributed by atoms with Crippen LogP contribution in [0.1, 0.15) is 16.2 Å². The Balaban J connectivity index is 3.03. The van der Waals surface area contributed by atoms with Gasteiger partial charge in [0.1, 0.15) is 0 Å². The van der Waals surface area contributed by atoms with Crippen molar-refractivity contribution < 1.29 is 9.90 Å². The van der Waals surface area contributed by atoms with Crippen molar-refractivity contribution in [3.63, 3.8) is 0 Å². The van der Waals surface area contributed by atoms with Crippen LogP contribution in [0.15, 0.2) is 6.33 Å². The summed E-state index contributed by atoms with van der Waals surface area (Å²) in [6.07, 6.45) is 1.50. The molecule has 0 saturated heterocycles. The zero-order valence-corrected chi connectivity index (χ0v) is 7.03. The number of carboxylic acids is 1. The van der Waals surface area contributed by atoms with Gasteiger partial charge in [-0.3, -0.25) is 0 Å². The second kappa shape index (κ2) is 3.36. The zero-order valence-electron chi connectivity index (χ0n) is 7.03. The predicted molar refractivity (Wildman–Crippen MR) is 42.9 cm³/mol. The maximum absolute atomic E-state index is 10.6. The third-order valence-corrected chi connectivity index (χ3v) is 1.61. The summed E-state index contributed by atoms with van der Waals surface area (Å²) < 4.78 is 1.69. The van der Waals surface area contributed by atoms with Crippen LogP contribution in [0.3, 0.4) is 0 Å². The van der Waals surface area contributed by atoms with Gasteiger partial charge in [-0.25, -0.2) is 9.78 Å². The number of aromatic carboxylic acids is 1. The summed E-state index contributed by atoms with van der Waals surface area (Å²) in [5.74, 6) is -0.985. The topological polar surface area (TPSA) is 67.2 Å². The number of aryl methyl sites for hydroxylation is 1. The quantitative estimate of drug-likeness (QED) is 0.659. The lowest BCUT2D eigenvalue weighted by atomic mass is 10.3. The molecule has 5 heteroatoms. The van der Waals surface area contributed by atoms with Crippen molar-refractivity contribution in [3.8, 4) is 0 Å². The van der Waals surface area contributed by atoms with Gasteiger partial charge in [0.05, 0.1) is 12.0 Å². The van der Waals surface area contributed by atoms with Gasteiger partial charge < -0.3 is 15.0 Å². The molecule has 0 atom stereocenters. The predicted octanol–water partition coefficient (Wildman–Crippen LogP) is -0.162. The van der Waals surface area contributed by atoms with E-state index in [9.17, 15) is 4.79 Å². The number of carbonyl (C=O) groups is 1. The highest BCUT2D eigenvalue weighted by Crippen LogP contribution is 2.04. The number of nitrogens with one attached hydrogen (secondary N) is 1. The van der Waals surface area contributed by atoms with Crippen molar-refractivity contribution in [2.45, 2.75) is 6.54 Å². The van der Waals surface area contributed by atoms with Crippen LogP contribution in [0.5, 0.6) is 0 Å². The molecule has 0 radical (unpaired) electrons. The molecule has 0 aliphatic heterocycles. The van der Waals surface area contributed by atoms with E-state index in [0.29, 0.717) is 12.2 Å². The van der Waals surface area contributed by atoms with Crippen molar-refractivity contribution >= 4 is 5.97 Å². The first kappa shape index (κ1) is 8.73. The normalized spacial score (nSPS) is 10.2. The fraction of sp³-hybridized carbons (Fsp3) is 0.429. The van der Waals surface area contributed by atoms with E-state index >= 15 is 0 Å². The van der Waals surface area contributed by atoms with E-state index < -0.39 is 5.97 Å². The lowest BCUT2D eigenvalue weighted by molar-refractivity contribution is 0.0689. The van der Waals surface area contributed by atoms with Gasteiger partial charge in [-0.05, 0) is 7.05 Å². The number of hydrogen-bond donors (Lipinski definition) is 2. The molecule has 5 nitrogen and oxygen atoms in total. The molecule has 0 aromatic carbocycles. The largest absolute Gasteiger partial charge is 0.476 e. The first-order chi connectivity index (χ1) is 5.66. The van der Waals surface area contributed by atoms with E-state index in [1.165, 1.54) is 6.33 Å². The number of nitrogens with zero attached hydrogens (tertiary/aromatic N) is 2. The van der Waals surface area contributed by atoms with Crippen molar-refractivity contribution in [1.29, 1.82) is 0 Å². The SMILES string of the molecule is CNCc1c(C(=O)O)ncn1C. The molecule has 0 aliphatic rings. The average Bonchev–Trinajstić information content (AvgIpc) is 2.34. The summed E-state index contributed by atoms with van der Waals surface area (Å²) in [7, 11) is 3.53. The molecule has 0 spiro atoms. The average molecular weight is 169 g/mol. The monoisotopic (exact) mass is 169 g/mol. The Morgan fingerprint density at radius 3 is 3.00 bits per heavy atom. The molecule has 0 aliphatic carbocycles. The molecule has 1 rings (SSSR count). The Morgan fingerprint density at radius 1 is 1.83 bits per heavy atom. The molecule has 0 amide bonds. The molecule has 0 fully saturated rings. The third kappa shape index (κ3) is 1.45. The summed E-state index contributed by atoms with van der Waals surface area (Å²) in [5, 5.41) is 11.6. The Morgan fingerprint density at radius 2 is 2.50 bits per heavy atom. The maximum Gasteiger partial charge on any atom is 0.356 e. The van der Waals surface area contributed by atoms with Gasteiger partial charge in [0.25, 0.3) is 0 Å². The lowest BCUT2D eigenvalue weighted by Crippen LogP contribution is -2.13. The van der Waals surface area contributed by atoms with Crippen LogP contribution < -0.4 is 5.32 Å². The summed E-state index contributed by atoms with van der Waals surface area (Å²) in [6, 6.07) is 0. The molecular formula is C7H11N3O2. The minimum Gasteiger partial charge on any atom is -0.476 e. The van der Waals surface area contributed by atoms with Crippen molar-refractivity contribution in [2.24, 2.45) is 7.05 Å². The van der Waals surface area contributed by atoms with Gasteiger partial charge in [0.2, 0.25) is 0 Å². The van der Waals surface area contributed by atoms with Gasteiger partial charge >= 0.3 is 5.97 Å². The second-order valence-corrected chi connectivity index (χ2v) is 2.49. The second-order valence-electron chi connectivity index (χ2n) is 2.49. The molecule has 66 valence electrons. The Hall–Kier alpha value is -1.36. The van der Waals surface area contributed by atoms with E-state index in [-0.39, 0.29) is 5.69 Å². The first-order valence-corrected chi connectivity index (χ1v) is 3.55. The Bertz CT molecular complexity index is 293. The van der Waals surface area contributed by atoms with Crippen LogP contribution in [-0.2, 0) is 13.6 Å². The van der Waals surface area contributed by atoms with Crippen molar-refractivity contribution in [1.82, 2.24) is 14.9 Å². The first-order valence-electron chi connectivity index (χ1n) is 3.55. The molecule has 1 aromatic heterocycles. The summed E-state index contributed by atoms with van der Waals surface area (Å²) in [4.78, 5) is 14.4. The van der Waals surface area contributed by atoms with E-state index in [1.54, 1.807) is 18.7 Å². The van der Waals surface area contributed by atoms with E-state index in [1.807, 2.05) is 0 Å². The Labute approximate surface area is 70.0 Å². The molecule has 2 N–H and O–H groups in total. The van der Waals surface area contributed by atoms with Crippen LogP contribution in [0, 0.1) is 0 Å².